The first-order chi connectivity index (χ1) is 5.58. The second-order valence-electron chi connectivity index (χ2n) is 2.21. The number of hydrogen-bond acceptors (Lipinski definition) is 4. The predicted molar refractivity (Wildman–Crippen MR) is 37.7 cm³/mol. The Morgan fingerprint density at radius 3 is 2.07 bits per heavy atom. The Bertz CT molecular complexity index is 287. The van der Waals surface area contributed by atoms with Crippen molar-refractivity contribution in [3.8, 4) is 0 Å². The first kappa shape index (κ1) is 17.8. The van der Waals surface area contributed by atoms with Gasteiger partial charge >= 0.3 is 132 Å². The van der Waals surface area contributed by atoms with Gasteiger partial charge in [0.05, 0.1) is 0 Å². The summed E-state index contributed by atoms with van der Waals surface area (Å²) in [5, 5.41) is 0. The van der Waals surface area contributed by atoms with Crippen molar-refractivity contribution < 1.29 is 74.8 Å². The van der Waals surface area contributed by atoms with Gasteiger partial charge in [0.1, 0.15) is 0 Å². The maximum Gasteiger partial charge on any atom is 1.00 e. The minimum atomic E-state index is -5.40. The molecule has 0 saturated heterocycles. The van der Waals surface area contributed by atoms with Crippen molar-refractivity contribution in [1.82, 2.24) is 0 Å². The predicted octanol–water partition coefficient (Wildman–Crippen LogP) is -7.20. The zero-order valence-corrected chi connectivity index (χ0v) is 14.1. The molecule has 0 spiro atoms. The van der Waals surface area contributed by atoms with Crippen molar-refractivity contribution in [1.29, 1.82) is 0 Å². The van der Waals surface area contributed by atoms with Crippen LogP contribution in [-0.2, 0) is 14.1 Å². The van der Waals surface area contributed by atoms with E-state index in [9.17, 15) is 11.9 Å². The van der Waals surface area contributed by atoms with Crippen LogP contribution in [0, 0.1) is 0 Å². The molecule has 0 atom stereocenters. The second kappa shape index (κ2) is 8.59. The molecule has 66 valence electrons. The summed E-state index contributed by atoms with van der Waals surface area (Å²) in [7, 11) is 0. The van der Waals surface area contributed by atoms with Crippen molar-refractivity contribution in [2.24, 2.45) is 0 Å². The largest absolute Gasteiger partial charge is 1.00 e. The minimum absolute atomic E-state index is 0. The van der Waals surface area contributed by atoms with Gasteiger partial charge in [0.2, 0.25) is 0 Å². The first-order valence-electron chi connectivity index (χ1n) is 3.28. The third-order valence-corrected chi connectivity index (χ3v) is 2.17. The molecule has 1 aromatic carbocycles. The maximum absolute atomic E-state index is 10.1. The molecule has 0 heterocycles. The third-order valence-electron chi connectivity index (χ3n) is 1.23. The number of hydrogen-bond donors (Lipinski definition) is 0. The fourth-order valence-corrected chi connectivity index (χ4v) is 1.37. The molecule has 1 rings (SSSR count). The Kier molecular flexibility index (Phi) is 10.9. The summed E-state index contributed by atoms with van der Waals surface area (Å²) < 4.78 is 34.5. The van der Waals surface area contributed by atoms with E-state index in [0.717, 1.165) is 0 Å². The Labute approximate surface area is 130 Å². The van der Waals surface area contributed by atoms with Crippen LogP contribution in [0.25, 0.3) is 0 Å². The normalized spacial score (nSPS) is 9.86. The molecule has 1 aromatic rings. The average Bonchev–Trinajstić information content (AvgIpc) is 2.02. The Hall–Kier alpha value is 1.46. The number of benzene rings is 1. The first-order valence-corrected chi connectivity index (χ1v) is 6.35. The van der Waals surface area contributed by atoms with Crippen molar-refractivity contribution in [3.63, 3.8) is 0 Å². The molecule has 0 saturated carbocycles. The fraction of sp³-hybridized carbons (Fsp3) is 0.143. The van der Waals surface area contributed by atoms with Gasteiger partial charge in [-0.15, -0.1) is 0 Å². The van der Waals surface area contributed by atoms with Crippen LogP contribution >= 0.6 is 0 Å². The van der Waals surface area contributed by atoms with Crippen LogP contribution in [0.1, 0.15) is 5.56 Å². The summed E-state index contributed by atoms with van der Waals surface area (Å²) in [6, 6.07) is 8.65. The van der Waals surface area contributed by atoms with Crippen molar-refractivity contribution in [3.05, 3.63) is 35.9 Å². The quantitative estimate of drug-likeness (QED) is 0.514. The van der Waals surface area contributed by atoms with Gasteiger partial charge in [-0.25, -0.2) is 0 Å². The molecule has 0 aromatic heterocycles. The van der Waals surface area contributed by atoms with Gasteiger partial charge < -0.3 is 0 Å². The molecular weight excluding hydrogens is 269 g/mol. The van der Waals surface area contributed by atoms with Gasteiger partial charge in [0.15, 0.2) is 0 Å². The molecule has 14 heavy (non-hydrogen) atoms. The molecule has 0 radical (unpaired) electrons. The van der Waals surface area contributed by atoms with Gasteiger partial charge in [-0.2, -0.15) is 0 Å². The van der Waals surface area contributed by atoms with Gasteiger partial charge in [-0.1, -0.05) is 0 Å². The van der Waals surface area contributed by atoms with E-state index in [1.165, 1.54) is 0 Å². The zero-order chi connectivity index (χ0) is 9.03. The molecule has 0 amide bonds. The van der Waals surface area contributed by atoms with Crippen LogP contribution in [-0.4, -0.2) is 14.5 Å². The third kappa shape index (κ3) is 8.74. The topological polar surface area (TPSA) is 72.4 Å². The maximum atomic E-state index is 10.1. The van der Waals surface area contributed by atoms with Crippen molar-refractivity contribution in [2.45, 2.75) is 6.61 Å². The SMILES string of the molecule is O=[As]([O-])([O-])OCc1ccccc1.[Na+].[Na+]. The fourth-order valence-electron chi connectivity index (χ4n) is 0.728. The monoisotopic (exact) mass is 276 g/mol. The Balaban J connectivity index is 0. The smallest absolute Gasteiger partial charge is 1.00 e. The summed E-state index contributed by atoms with van der Waals surface area (Å²) in [4.78, 5) is 0. The summed E-state index contributed by atoms with van der Waals surface area (Å²) in [5.41, 5.74) is 0.672. The van der Waals surface area contributed by atoms with Crippen LogP contribution in [0.2, 0.25) is 0 Å². The molecule has 7 heteroatoms. The summed E-state index contributed by atoms with van der Waals surface area (Å²) >= 11 is -5.40. The van der Waals surface area contributed by atoms with Crippen LogP contribution in [0.3, 0.4) is 0 Å². The van der Waals surface area contributed by atoms with Gasteiger partial charge in [0, 0.05) is 0 Å². The van der Waals surface area contributed by atoms with E-state index >= 15 is 0 Å². The van der Waals surface area contributed by atoms with E-state index in [4.69, 9.17) is 0 Å². The molecule has 0 aliphatic carbocycles. The molecule has 4 nitrogen and oxygen atoms in total. The molecule has 0 N–H and O–H groups in total. The zero-order valence-electron chi connectivity index (χ0n) is 8.17. The molecular formula is C7H7AsNa2O4. The molecule has 0 unspecified atom stereocenters. The van der Waals surface area contributed by atoms with E-state index in [-0.39, 0.29) is 65.7 Å². The van der Waals surface area contributed by atoms with Crippen LogP contribution < -0.4 is 67.3 Å². The molecule has 0 bridgehead atoms. The second-order valence-corrected chi connectivity index (χ2v) is 4.62. The van der Waals surface area contributed by atoms with E-state index < -0.39 is 14.5 Å². The summed E-state index contributed by atoms with van der Waals surface area (Å²) in [6.07, 6.45) is 0. The van der Waals surface area contributed by atoms with Crippen LogP contribution in [0.15, 0.2) is 30.3 Å². The van der Waals surface area contributed by atoms with Crippen LogP contribution in [0.4, 0.5) is 0 Å². The minimum Gasteiger partial charge on any atom is 1.00 e. The van der Waals surface area contributed by atoms with Gasteiger partial charge in [-0.3, -0.25) is 0 Å². The van der Waals surface area contributed by atoms with E-state index in [2.05, 4.69) is 3.73 Å². The average molecular weight is 276 g/mol. The number of rotatable bonds is 3. The van der Waals surface area contributed by atoms with Crippen molar-refractivity contribution in [2.75, 3.05) is 0 Å². The van der Waals surface area contributed by atoms with Crippen molar-refractivity contribution >= 4 is 14.5 Å². The van der Waals surface area contributed by atoms with Gasteiger partial charge in [0.25, 0.3) is 0 Å². The molecule has 0 aliphatic rings. The van der Waals surface area contributed by atoms with Gasteiger partial charge in [-0.05, 0) is 0 Å². The Morgan fingerprint density at radius 1 is 1.14 bits per heavy atom. The Morgan fingerprint density at radius 2 is 1.64 bits per heavy atom. The summed E-state index contributed by atoms with van der Waals surface area (Å²) in [6.45, 7) is -0.162. The van der Waals surface area contributed by atoms with Crippen LogP contribution in [0.5, 0.6) is 0 Å². The molecule has 0 aliphatic heterocycles. The van der Waals surface area contributed by atoms with E-state index in [0.29, 0.717) is 5.56 Å². The van der Waals surface area contributed by atoms with E-state index in [1.807, 2.05) is 0 Å². The molecule has 0 fully saturated rings. The summed E-state index contributed by atoms with van der Waals surface area (Å²) in [5.74, 6) is 0. The standard InChI is InChI=1S/C7H9AsO4.2Na/c9-8(10,11)12-6-7-4-2-1-3-5-7;;/h1-5H,6H2,(H2,9,10,11);;/q;2*+1/p-2. The van der Waals surface area contributed by atoms with E-state index in [1.54, 1.807) is 30.3 Å².